The van der Waals surface area contributed by atoms with Crippen molar-refractivity contribution >= 4 is 12.2 Å². The molecule has 6 nitrogen and oxygen atoms in total. The van der Waals surface area contributed by atoms with Crippen LogP contribution in [0, 0.1) is 0 Å². The van der Waals surface area contributed by atoms with E-state index in [1.54, 1.807) is 0 Å². The minimum atomic E-state index is -0.305. The van der Waals surface area contributed by atoms with Crippen molar-refractivity contribution in [1.29, 1.82) is 0 Å². The highest BCUT2D eigenvalue weighted by molar-refractivity contribution is 5.69. The first-order valence-electron chi connectivity index (χ1n) is 6.12. The van der Waals surface area contributed by atoms with Crippen LogP contribution in [0.25, 0.3) is 0 Å². The van der Waals surface area contributed by atoms with Gasteiger partial charge in [0.1, 0.15) is 13.2 Å². The lowest BCUT2D eigenvalue weighted by molar-refractivity contribution is 0.176. The highest BCUT2D eigenvalue weighted by Gasteiger charge is 2.21. The third-order valence-electron chi connectivity index (χ3n) is 2.67. The van der Waals surface area contributed by atoms with Gasteiger partial charge in [0.05, 0.1) is 12.6 Å². The van der Waals surface area contributed by atoms with E-state index < -0.39 is 0 Å². The molecule has 6 heteroatoms. The number of ether oxygens (including phenoxy) is 2. The Balaban J connectivity index is 0.000000186. The smallest absolute Gasteiger partial charge is 0.407 e. The number of benzene rings is 1. The van der Waals surface area contributed by atoms with Gasteiger partial charge in [0.15, 0.2) is 0 Å². The van der Waals surface area contributed by atoms with E-state index in [9.17, 15) is 9.59 Å². The van der Waals surface area contributed by atoms with Crippen molar-refractivity contribution in [2.24, 2.45) is 0 Å². The number of carbonyl (C=O) groups is 2. The van der Waals surface area contributed by atoms with Gasteiger partial charge in [-0.25, -0.2) is 9.59 Å². The van der Waals surface area contributed by atoms with Crippen LogP contribution in [-0.2, 0) is 15.9 Å². The van der Waals surface area contributed by atoms with Crippen molar-refractivity contribution < 1.29 is 19.1 Å². The van der Waals surface area contributed by atoms with Gasteiger partial charge >= 0.3 is 12.2 Å². The Kier molecular flexibility index (Phi) is 4.60. The van der Waals surface area contributed by atoms with Gasteiger partial charge in [-0.3, -0.25) is 0 Å². The Labute approximate surface area is 111 Å². The molecule has 2 fully saturated rings. The molecule has 0 unspecified atom stereocenters. The van der Waals surface area contributed by atoms with E-state index in [0.717, 1.165) is 6.42 Å². The largest absolute Gasteiger partial charge is 0.448 e. The minimum Gasteiger partial charge on any atom is -0.448 e. The van der Waals surface area contributed by atoms with Gasteiger partial charge in [-0.1, -0.05) is 30.3 Å². The number of alkyl carbamates (subject to hydrolysis) is 2. The molecule has 1 aromatic rings. The highest BCUT2D eigenvalue weighted by atomic mass is 16.6. The molecule has 2 amide bonds. The van der Waals surface area contributed by atoms with Crippen LogP contribution in [-0.4, -0.2) is 38.0 Å². The average Bonchev–Trinajstić information content (AvgIpc) is 3.03. The van der Waals surface area contributed by atoms with Crippen molar-refractivity contribution in [3.8, 4) is 0 Å². The molecular weight excluding hydrogens is 248 g/mol. The molecular formula is C13H16N2O4. The first-order valence-corrected chi connectivity index (χ1v) is 6.12. The van der Waals surface area contributed by atoms with Crippen molar-refractivity contribution in [3.63, 3.8) is 0 Å². The minimum absolute atomic E-state index is 0.134. The summed E-state index contributed by atoms with van der Waals surface area (Å²) < 4.78 is 9.19. The van der Waals surface area contributed by atoms with Crippen molar-refractivity contribution in [2.45, 2.75) is 12.5 Å². The molecule has 0 saturated carbocycles. The van der Waals surface area contributed by atoms with Crippen LogP contribution in [0.1, 0.15) is 5.56 Å². The first kappa shape index (κ1) is 13.2. The molecule has 0 bridgehead atoms. The van der Waals surface area contributed by atoms with Crippen LogP contribution in [0.15, 0.2) is 30.3 Å². The van der Waals surface area contributed by atoms with E-state index in [4.69, 9.17) is 4.74 Å². The zero-order valence-electron chi connectivity index (χ0n) is 10.4. The van der Waals surface area contributed by atoms with E-state index in [1.807, 2.05) is 30.3 Å². The second-order valence-corrected chi connectivity index (χ2v) is 4.19. The van der Waals surface area contributed by atoms with Crippen LogP contribution >= 0.6 is 0 Å². The average molecular weight is 264 g/mol. The number of rotatable bonds is 2. The quantitative estimate of drug-likeness (QED) is 0.837. The molecule has 2 N–H and O–H groups in total. The van der Waals surface area contributed by atoms with Crippen molar-refractivity contribution in [3.05, 3.63) is 35.9 Å². The summed E-state index contributed by atoms with van der Waals surface area (Å²) >= 11 is 0. The van der Waals surface area contributed by atoms with Gasteiger partial charge in [0.25, 0.3) is 0 Å². The van der Waals surface area contributed by atoms with Gasteiger partial charge < -0.3 is 20.1 Å². The van der Waals surface area contributed by atoms with E-state index in [2.05, 4.69) is 15.4 Å². The lowest BCUT2D eigenvalue weighted by Gasteiger charge is -2.05. The molecule has 1 atom stereocenters. The van der Waals surface area contributed by atoms with E-state index in [-0.39, 0.29) is 18.2 Å². The van der Waals surface area contributed by atoms with Gasteiger partial charge in [0, 0.05) is 0 Å². The molecule has 0 radical (unpaired) electrons. The molecule has 0 aromatic heterocycles. The molecule has 102 valence electrons. The Hall–Kier alpha value is -2.24. The molecule has 2 saturated heterocycles. The van der Waals surface area contributed by atoms with Crippen molar-refractivity contribution in [1.82, 2.24) is 10.6 Å². The molecule has 2 heterocycles. The summed E-state index contributed by atoms with van der Waals surface area (Å²) in [5.74, 6) is 0. The van der Waals surface area contributed by atoms with Crippen LogP contribution in [0.4, 0.5) is 9.59 Å². The molecule has 3 rings (SSSR count). The van der Waals surface area contributed by atoms with E-state index in [0.29, 0.717) is 19.8 Å². The number of hydrogen-bond donors (Lipinski definition) is 2. The summed E-state index contributed by atoms with van der Waals surface area (Å²) in [6, 6.07) is 10.2. The Bertz CT molecular complexity index is 428. The van der Waals surface area contributed by atoms with Gasteiger partial charge in [0.2, 0.25) is 0 Å². The SMILES string of the molecule is O=C1NCCO1.O=C1N[C@H](Cc2ccccc2)CO1. The number of nitrogens with one attached hydrogen (secondary N) is 2. The monoisotopic (exact) mass is 264 g/mol. The molecule has 2 aliphatic rings. The fraction of sp³-hybridized carbons (Fsp3) is 0.385. The lowest BCUT2D eigenvalue weighted by Crippen LogP contribution is -2.28. The Morgan fingerprint density at radius 3 is 2.37 bits per heavy atom. The van der Waals surface area contributed by atoms with E-state index in [1.165, 1.54) is 5.56 Å². The van der Waals surface area contributed by atoms with Gasteiger partial charge in [-0.05, 0) is 12.0 Å². The fourth-order valence-electron chi connectivity index (χ4n) is 1.78. The fourth-order valence-corrected chi connectivity index (χ4v) is 1.78. The molecule has 19 heavy (non-hydrogen) atoms. The van der Waals surface area contributed by atoms with Gasteiger partial charge in [-0.15, -0.1) is 0 Å². The number of amides is 2. The normalized spacial score (nSPS) is 20.5. The summed E-state index contributed by atoms with van der Waals surface area (Å²) in [4.78, 5) is 20.6. The van der Waals surface area contributed by atoms with Crippen LogP contribution in [0.3, 0.4) is 0 Å². The summed E-state index contributed by atoms with van der Waals surface area (Å²) in [7, 11) is 0. The van der Waals surface area contributed by atoms with Crippen molar-refractivity contribution in [2.75, 3.05) is 19.8 Å². The van der Waals surface area contributed by atoms with Gasteiger partial charge in [-0.2, -0.15) is 0 Å². The van der Waals surface area contributed by atoms with Crippen LogP contribution < -0.4 is 10.6 Å². The third-order valence-corrected chi connectivity index (χ3v) is 2.67. The number of carbonyl (C=O) groups excluding carboxylic acids is 2. The van der Waals surface area contributed by atoms with Crippen LogP contribution in [0.2, 0.25) is 0 Å². The molecule has 0 spiro atoms. The molecule has 2 aliphatic heterocycles. The summed E-state index contributed by atoms with van der Waals surface area (Å²) in [5.41, 5.74) is 1.22. The predicted molar refractivity (Wildman–Crippen MR) is 67.8 cm³/mol. The number of hydrogen-bond acceptors (Lipinski definition) is 4. The molecule has 0 aliphatic carbocycles. The number of cyclic esters (lactones) is 2. The highest BCUT2D eigenvalue weighted by Crippen LogP contribution is 2.06. The predicted octanol–water partition coefficient (Wildman–Crippen LogP) is 1.06. The molecule has 1 aromatic carbocycles. The zero-order chi connectivity index (χ0) is 13.5. The maximum atomic E-state index is 10.7. The summed E-state index contributed by atoms with van der Waals surface area (Å²) in [5, 5.41) is 5.20. The zero-order valence-corrected chi connectivity index (χ0v) is 10.4. The lowest BCUT2D eigenvalue weighted by atomic mass is 10.1. The second-order valence-electron chi connectivity index (χ2n) is 4.19. The van der Waals surface area contributed by atoms with Crippen LogP contribution in [0.5, 0.6) is 0 Å². The Morgan fingerprint density at radius 1 is 1.11 bits per heavy atom. The first-order chi connectivity index (χ1) is 9.24. The topological polar surface area (TPSA) is 76.7 Å². The Morgan fingerprint density at radius 2 is 1.89 bits per heavy atom. The summed E-state index contributed by atoms with van der Waals surface area (Å²) in [6.07, 6.45) is 0.239. The third kappa shape index (κ3) is 4.50. The second kappa shape index (κ2) is 6.63. The maximum absolute atomic E-state index is 10.7. The standard InChI is InChI=1S/C10H11NO2.C3H5NO2/c12-10-11-9(7-13-10)6-8-4-2-1-3-5-8;5-3-4-1-2-6-3/h1-5,9H,6-7H2,(H,11,12);1-2H2,(H,4,5)/t9-;/m1./s1. The van der Waals surface area contributed by atoms with E-state index >= 15 is 0 Å². The summed E-state index contributed by atoms with van der Waals surface area (Å²) in [6.45, 7) is 1.67. The maximum Gasteiger partial charge on any atom is 0.407 e.